The summed E-state index contributed by atoms with van der Waals surface area (Å²) in [6.45, 7) is 8.49. The molecular formula is C9H20Cl3NSi. The van der Waals surface area contributed by atoms with E-state index in [0.717, 1.165) is 32.4 Å². The van der Waals surface area contributed by atoms with Gasteiger partial charge in [-0.25, -0.2) is 0 Å². The maximum absolute atomic E-state index is 6.09. The van der Waals surface area contributed by atoms with Gasteiger partial charge in [-0.3, -0.25) is 4.90 Å². The highest BCUT2D eigenvalue weighted by Crippen LogP contribution is 2.30. The fourth-order valence-electron chi connectivity index (χ4n) is 1.69. The van der Waals surface area contributed by atoms with E-state index in [1.165, 1.54) is 0 Å². The van der Waals surface area contributed by atoms with Crippen molar-refractivity contribution in [2.24, 2.45) is 0 Å². The van der Waals surface area contributed by atoms with Gasteiger partial charge in [0, 0.05) is 5.67 Å². The first-order valence-electron chi connectivity index (χ1n) is 5.28. The molecule has 0 bridgehead atoms. The molecular weight excluding hydrogens is 257 g/mol. The lowest BCUT2D eigenvalue weighted by atomic mass is 10.3. The van der Waals surface area contributed by atoms with E-state index < -0.39 is 6.00 Å². The van der Waals surface area contributed by atoms with Crippen molar-refractivity contribution in [1.82, 2.24) is 4.90 Å². The Labute approximate surface area is 103 Å². The van der Waals surface area contributed by atoms with Crippen molar-refractivity contribution in [3.05, 3.63) is 0 Å². The Kier molecular flexibility index (Phi) is 7.89. The summed E-state index contributed by atoms with van der Waals surface area (Å²) in [5.74, 6) is 0. The minimum atomic E-state index is -2.58. The second kappa shape index (κ2) is 7.34. The Morgan fingerprint density at radius 1 is 1.00 bits per heavy atom. The van der Waals surface area contributed by atoms with E-state index >= 15 is 0 Å². The zero-order valence-corrected chi connectivity index (χ0v) is 12.5. The van der Waals surface area contributed by atoms with Crippen LogP contribution in [0.2, 0.25) is 0 Å². The van der Waals surface area contributed by atoms with Crippen LogP contribution in [0.15, 0.2) is 0 Å². The van der Waals surface area contributed by atoms with Gasteiger partial charge in [0.2, 0.25) is 0 Å². The summed E-state index contributed by atoms with van der Waals surface area (Å²) in [5, 5.41) is 0. The van der Waals surface area contributed by atoms with Gasteiger partial charge in [0.1, 0.15) is 0 Å². The van der Waals surface area contributed by atoms with Gasteiger partial charge in [-0.1, -0.05) is 20.8 Å². The van der Waals surface area contributed by atoms with Crippen LogP contribution in [0.1, 0.15) is 40.0 Å². The van der Waals surface area contributed by atoms with Crippen LogP contribution < -0.4 is 0 Å². The SMILES string of the molecule is CCCN(CCC)C(CC)[Si](Cl)(Cl)Cl. The molecule has 0 saturated heterocycles. The highest BCUT2D eigenvalue weighted by Gasteiger charge is 2.38. The lowest BCUT2D eigenvalue weighted by molar-refractivity contribution is 0.244. The van der Waals surface area contributed by atoms with Gasteiger partial charge in [0.15, 0.2) is 0 Å². The first kappa shape index (κ1) is 15.0. The average molecular weight is 277 g/mol. The number of hydrogen-bond donors (Lipinski definition) is 0. The van der Waals surface area contributed by atoms with E-state index in [0.29, 0.717) is 0 Å². The minimum Gasteiger partial charge on any atom is -0.299 e. The van der Waals surface area contributed by atoms with E-state index in [9.17, 15) is 0 Å². The monoisotopic (exact) mass is 275 g/mol. The molecule has 1 nitrogen and oxygen atoms in total. The van der Waals surface area contributed by atoms with Gasteiger partial charge in [0.05, 0.1) is 0 Å². The number of hydrogen-bond acceptors (Lipinski definition) is 1. The van der Waals surface area contributed by atoms with Crippen molar-refractivity contribution in [3.8, 4) is 0 Å². The quantitative estimate of drug-likeness (QED) is 0.500. The van der Waals surface area contributed by atoms with Crippen LogP contribution >= 0.6 is 33.2 Å². The second-order valence-corrected chi connectivity index (χ2v) is 12.4. The smallest absolute Gasteiger partial charge is 0.299 e. The standard InChI is InChI=1S/C9H20Cl3NSi/c1-4-7-13(8-5-2)9(6-3)14(10,11)12/h9H,4-8H2,1-3H3. The van der Waals surface area contributed by atoms with E-state index in [1.54, 1.807) is 0 Å². The van der Waals surface area contributed by atoms with E-state index in [1.807, 2.05) is 0 Å². The Balaban J connectivity index is 4.41. The first-order valence-corrected chi connectivity index (χ1v) is 10.4. The maximum Gasteiger partial charge on any atom is 0.357 e. The predicted molar refractivity (Wildman–Crippen MR) is 69.5 cm³/mol. The molecule has 0 aliphatic rings. The van der Waals surface area contributed by atoms with Crippen LogP contribution in [0.3, 0.4) is 0 Å². The van der Waals surface area contributed by atoms with E-state index in [2.05, 4.69) is 25.7 Å². The average Bonchev–Trinajstić information content (AvgIpc) is 2.03. The van der Waals surface area contributed by atoms with Gasteiger partial charge in [-0.15, -0.1) is 33.2 Å². The third-order valence-electron chi connectivity index (χ3n) is 2.23. The Morgan fingerprint density at radius 3 is 1.64 bits per heavy atom. The van der Waals surface area contributed by atoms with Crippen molar-refractivity contribution >= 4 is 39.2 Å². The Morgan fingerprint density at radius 2 is 1.43 bits per heavy atom. The molecule has 0 spiro atoms. The van der Waals surface area contributed by atoms with Crippen molar-refractivity contribution in [2.75, 3.05) is 13.1 Å². The minimum absolute atomic E-state index is 0.174. The predicted octanol–water partition coefficient (Wildman–Crippen LogP) is 4.08. The Hall–Kier alpha value is 1.05. The number of halogens is 3. The highest BCUT2D eigenvalue weighted by molar-refractivity contribution is 7.65. The maximum atomic E-state index is 6.09. The lowest BCUT2D eigenvalue weighted by Crippen LogP contribution is -2.47. The molecule has 5 heteroatoms. The number of rotatable bonds is 7. The van der Waals surface area contributed by atoms with Gasteiger partial charge in [-0.2, -0.15) is 0 Å². The van der Waals surface area contributed by atoms with Crippen LogP contribution in [0, 0.1) is 0 Å². The molecule has 0 fully saturated rings. The molecule has 1 atom stereocenters. The third kappa shape index (κ3) is 5.22. The molecule has 0 aromatic carbocycles. The second-order valence-electron chi connectivity index (χ2n) is 3.50. The summed E-state index contributed by atoms with van der Waals surface area (Å²) in [6.07, 6.45) is 3.17. The fraction of sp³-hybridized carbons (Fsp3) is 1.00. The molecule has 0 amide bonds. The molecule has 0 radical (unpaired) electrons. The molecule has 0 heterocycles. The molecule has 0 aromatic heterocycles. The van der Waals surface area contributed by atoms with Crippen LogP contribution in [0.5, 0.6) is 0 Å². The molecule has 14 heavy (non-hydrogen) atoms. The highest BCUT2D eigenvalue weighted by atomic mass is 35.8. The van der Waals surface area contributed by atoms with Gasteiger partial charge < -0.3 is 0 Å². The summed E-state index contributed by atoms with van der Waals surface area (Å²) in [4.78, 5) is 2.33. The summed E-state index contributed by atoms with van der Waals surface area (Å²) in [6, 6.07) is -2.58. The lowest BCUT2D eigenvalue weighted by Gasteiger charge is -2.33. The summed E-state index contributed by atoms with van der Waals surface area (Å²) in [7, 11) is 0. The topological polar surface area (TPSA) is 3.24 Å². The molecule has 0 N–H and O–H groups in total. The summed E-state index contributed by atoms with van der Waals surface area (Å²) in [5.41, 5.74) is 0.174. The molecule has 0 rings (SSSR count). The molecule has 0 saturated carbocycles. The van der Waals surface area contributed by atoms with E-state index in [4.69, 9.17) is 33.2 Å². The van der Waals surface area contributed by atoms with Crippen molar-refractivity contribution in [1.29, 1.82) is 0 Å². The molecule has 86 valence electrons. The van der Waals surface area contributed by atoms with Crippen LogP contribution in [-0.2, 0) is 0 Å². The first-order chi connectivity index (χ1) is 6.47. The van der Waals surface area contributed by atoms with Crippen LogP contribution in [-0.4, -0.2) is 29.7 Å². The zero-order chi connectivity index (χ0) is 11.2. The summed E-state index contributed by atoms with van der Waals surface area (Å²) >= 11 is 18.3. The number of nitrogens with zero attached hydrogens (tertiary/aromatic N) is 1. The van der Waals surface area contributed by atoms with Crippen molar-refractivity contribution in [2.45, 2.75) is 45.7 Å². The molecule has 0 aromatic rings. The van der Waals surface area contributed by atoms with Crippen LogP contribution in [0.25, 0.3) is 0 Å². The molecule has 1 unspecified atom stereocenters. The van der Waals surface area contributed by atoms with Gasteiger partial charge >= 0.3 is 6.00 Å². The third-order valence-corrected chi connectivity index (χ3v) is 6.02. The normalized spacial score (nSPS) is 14.8. The summed E-state index contributed by atoms with van der Waals surface area (Å²) < 4.78 is 0. The fourth-order valence-corrected chi connectivity index (χ4v) is 5.46. The molecule has 0 aliphatic carbocycles. The van der Waals surface area contributed by atoms with Crippen molar-refractivity contribution in [3.63, 3.8) is 0 Å². The van der Waals surface area contributed by atoms with Gasteiger partial charge in [0.25, 0.3) is 0 Å². The van der Waals surface area contributed by atoms with Gasteiger partial charge in [-0.05, 0) is 32.4 Å². The van der Waals surface area contributed by atoms with Crippen molar-refractivity contribution < 1.29 is 0 Å². The van der Waals surface area contributed by atoms with E-state index in [-0.39, 0.29) is 5.67 Å². The Bertz CT molecular complexity index is 143. The molecule has 0 aliphatic heterocycles. The zero-order valence-electron chi connectivity index (χ0n) is 9.19. The van der Waals surface area contributed by atoms with Crippen LogP contribution in [0.4, 0.5) is 0 Å². The largest absolute Gasteiger partial charge is 0.357 e.